The maximum atomic E-state index is 12.6. The van der Waals surface area contributed by atoms with Crippen LogP contribution in [0.1, 0.15) is 42.9 Å². The molecule has 1 unspecified atom stereocenters. The van der Waals surface area contributed by atoms with Crippen LogP contribution in [-0.4, -0.2) is 33.8 Å². The summed E-state index contributed by atoms with van der Waals surface area (Å²) in [7, 11) is 0. The average molecular weight is 500 g/mol. The largest absolute Gasteiger partial charge is 0.466 e. The predicted molar refractivity (Wildman–Crippen MR) is 127 cm³/mol. The Morgan fingerprint density at radius 1 is 1.03 bits per heavy atom. The van der Waals surface area contributed by atoms with E-state index in [9.17, 15) is 14.4 Å². The summed E-state index contributed by atoms with van der Waals surface area (Å²) < 4.78 is 12.1. The predicted octanol–water partition coefficient (Wildman–Crippen LogP) is 4.28. The van der Waals surface area contributed by atoms with Crippen molar-refractivity contribution < 1.29 is 19.1 Å². The van der Waals surface area contributed by atoms with E-state index in [4.69, 9.17) is 32.7 Å². The molecule has 1 atom stereocenters. The van der Waals surface area contributed by atoms with Crippen molar-refractivity contribution in [3.63, 3.8) is 0 Å². The van der Waals surface area contributed by atoms with Crippen LogP contribution in [0.5, 0.6) is 0 Å². The minimum Gasteiger partial charge on any atom is -0.466 e. The second-order valence-electron chi connectivity index (χ2n) is 7.26. The highest BCUT2D eigenvalue weighted by Crippen LogP contribution is 2.33. The van der Waals surface area contributed by atoms with E-state index in [0.29, 0.717) is 32.6 Å². The third kappa shape index (κ3) is 5.03. The Balaban J connectivity index is 1.84. The molecule has 174 valence electrons. The van der Waals surface area contributed by atoms with Gasteiger partial charge in [0.25, 0.3) is 11.8 Å². The number of aliphatic imine (C=N–C) groups is 1. The topological polar surface area (TPSA) is 99.9 Å². The molecule has 3 aromatic rings. The minimum absolute atomic E-state index is 0.0996. The van der Waals surface area contributed by atoms with Crippen molar-refractivity contribution in [1.29, 1.82) is 0 Å². The molecule has 0 saturated carbocycles. The monoisotopic (exact) mass is 499 g/mol. The van der Waals surface area contributed by atoms with E-state index in [-0.39, 0.29) is 25.3 Å². The molecule has 0 N–H and O–H groups in total. The van der Waals surface area contributed by atoms with Crippen LogP contribution in [0.25, 0.3) is 5.69 Å². The van der Waals surface area contributed by atoms with Crippen molar-refractivity contribution in [2.24, 2.45) is 4.99 Å². The number of benzene rings is 2. The number of ether oxygens (including phenoxy) is 2. The molecule has 0 saturated heterocycles. The maximum absolute atomic E-state index is 12.6. The zero-order chi connectivity index (χ0) is 24.2. The van der Waals surface area contributed by atoms with Crippen LogP contribution < -0.4 is 5.56 Å². The van der Waals surface area contributed by atoms with Gasteiger partial charge in [-0.1, -0.05) is 41.4 Å². The minimum atomic E-state index is -1.28. The van der Waals surface area contributed by atoms with Gasteiger partial charge in [0.2, 0.25) is 0 Å². The van der Waals surface area contributed by atoms with Crippen molar-refractivity contribution in [3.8, 4) is 5.69 Å². The Morgan fingerprint density at radius 3 is 2.56 bits per heavy atom. The van der Waals surface area contributed by atoms with Gasteiger partial charge in [-0.3, -0.25) is 19.0 Å². The van der Waals surface area contributed by atoms with Crippen LogP contribution >= 0.6 is 23.2 Å². The normalized spacial score (nSPS) is 14.3. The molecule has 2 aromatic carbocycles. The van der Waals surface area contributed by atoms with E-state index in [0.717, 1.165) is 0 Å². The third-order valence-electron chi connectivity index (χ3n) is 4.99. The van der Waals surface area contributed by atoms with Gasteiger partial charge in [0.1, 0.15) is 0 Å². The molecular weight excluding hydrogens is 481 g/mol. The summed E-state index contributed by atoms with van der Waals surface area (Å²) in [6.45, 7) is 1.89. The lowest BCUT2D eigenvalue weighted by Crippen LogP contribution is -2.21. The quantitative estimate of drug-likeness (QED) is 0.469. The molecule has 0 fully saturated rings. The fourth-order valence-corrected chi connectivity index (χ4v) is 3.91. The number of nitrogens with zero attached hydrogens (tertiary/aromatic N) is 3. The molecule has 2 heterocycles. The van der Waals surface area contributed by atoms with Crippen molar-refractivity contribution in [1.82, 2.24) is 9.55 Å². The first kappa shape index (κ1) is 23.7. The molecule has 0 bridgehead atoms. The first-order chi connectivity index (χ1) is 16.4. The van der Waals surface area contributed by atoms with E-state index in [1.54, 1.807) is 54.0 Å². The van der Waals surface area contributed by atoms with Gasteiger partial charge in [-0.2, -0.15) is 4.98 Å². The van der Waals surface area contributed by atoms with Gasteiger partial charge in [-0.25, -0.2) is 4.99 Å². The Hall–Kier alpha value is -3.49. The second-order valence-corrected chi connectivity index (χ2v) is 8.10. The van der Waals surface area contributed by atoms with Gasteiger partial charge in [0.15, 0.2) is 5.82 Å². The molecule has 0 aliphatic carbocycles. The molecule has 1 aromatic heterocycles. The number of fused-ring (bicyclic) bond motifs is 3. The summed E-state index contributed by atoms with van der Waals surface area (Å²) in [5.41, 5.74) is 1.69. The van der Waals surface area contributed by atoms with Gasteiger partial charge >= 0.3 is 11.9 Å². The maximum Gasteiger partial charge on any atom is 0.308 e. The summed E-state index contributed by atoms with van der Waals surface area (Å²) >= 11 is 12.8. The number of hydrogen-bond acceptors (Lipinski definition) is 7. The molecule has 0 radical (unpaired) electrons. The van der Waals surface area contributed by atoms with Crippen molar-refractivity contribution in [2.75, 3.05) is 6.61 Å². The van der Waals surface area contributed by atoms with Crippen LogP contribution in [0.15, 0.2) is 64.5 Å². The first-order valence-corrected chi connectivity index (χ1v) is 11.2. The summed E-state index contributed by atoms with van der Waals surface area (Å²) in [5, 5.41) is 0.881. The van der Waals surface area contributed by atoms with Crippen LogP contribution in [0, 0.1) is 0 Å². The molecule has 1 aliphatic heterocycles. The highest BCUT2D eigenvalue weighted by Gasteiger charge is 2.29. The van der Waals surface area contributed by atoms with Gasteiger partial charge in [0, 0.05) is 33.4 Å². The molecule has 1 aliphatic rings. The van der Waals surface area contributed by atoms with E-state index < -0.39 is 23.7 Å². The number of halogens is 2. The summed E-state index contributed by atoms with van der Waals surface area (Å²) in [6.07, 6.45) is -0.115. The van der Waals surface area contributed by atoms with Crippen molar-refractivity contribution in [2.45, 2.75) is 26.0 Å². The fraction of sp³-hybridized carbons (Fsp3) is 0.208. The number of hydrogen-bond donors (Lipinski definition) is 0. The number of carbonyl (C=O) groups is 2. The van der Waals surface area contributed by atoms with E-state index in [2.05, 4.69) is 9.98 Å². The third-order valence-corrected chi connectivity index (χ3v) is 5.55. The number of aromatic nitrogens is 2. The lowest BCUT2D eigenvalue weighted by atomic mass is 10.0. The van der Waals surface area contributed by atoms with Crippen LogP contribution in [-0.2, 0) is 19.1 Å². The Kier molecular flexibility index (Phi) is 7.09. The Morgan fingerprint density at radius 2 is 1.79 bits per heavy atom. The SMILES string of the molecule is CCOC(=O)CCC(=O)OC1N=C(c2ccccc2Cl)c2cc(Cl)ccc2-n2ccc(=O)nc21. The number of carbonyl (C=O) groups excluding carboxylic acids is 2. The number of esters is 2. The second kappa shape index (κ2) is 10.2. The standard InChI is InChI=1S/C24H19Cl2N3O5/c1-2-33-20(31)9-10-21(32)34-24-23-27-19(30)11-12-29(23)18-8-7-14(25)13-16(18)22(28-24)15-5-3-4-6-17(15)26/h3-8,11-13,24H,2,9-10H2,1H3. The van der Waals surface area contributed by atoms with E-state index in [1.165, 1.54) is 12.3 Å². The summed E-state index contributed by atoms with van der Waals surface area (Å²) in [6, 6.07) is 13.5. The molecular formula is C24H19Cl2N3O5. The van der Waals surface area contributed by atoms with Gasteiger partial charge in [-0.15, -0.1) is 0 Å². The van der Waals surface area contributed by atoms with Crippen molar-refractivity contribution in [3.05, 3.63) is 92.1 Å². The van der Waals surface area contributed by atoms with Crippen LogP contribution in [0.4, 0.5) is 0 Å². The van der Waals surface area contributed by atoms with E-state index in [1.807, 2.05) is 0 Å². The van der Waals surface area contributed by atoms with Gasteiger partial charge in [-0.05, 0) is 31.2 Å². The van der Waals surface area contributed by atoms with E-state index >= 15 is 0 Å². The molecule has 4 rings (SSSR count). The highest BCUT2D eigenvalue weighted by molar-refractivity contribution is 6.36. The van der Waals surface area contributed by atoms with Crippen LogP contribution in [0.3, 0.4) is 0 Å². The zero-order valence-corrected chi connectivity index (χ0v) is 19.5. The van der Waals surface area contributed by atoms with Gasteiger partial charge in [0.05, 0.1) is 30.8 Å². The smallest absolute Gasteiger partial charge is 0.308 e. The Bertz CT molecular complexity index is 1350. The molecule has 8 nitrogen and oxygen atoms in total. The van der Waals surface area contributed by atoms with Crippen LogP contribution in [0.2, 0.25) is 10.0 Å². The molecule has 34 heavy (non-hydrogen) atoms. The zero-order valence-electron chi connectivity index (χ0n) is 18.0. The summed E-state index contributed by atoms with van der Waals surface area (Å²) in [5.74, 6) is -1.12. The first-order valence-electron chi connectivity index (χ1n) is 10.4. The molecule has 0 spiro atoms. The molecule has 0 amide bonds. The lowest BCUT2D eigenvalue weighted by molar-refractivity contribution is -0.153. The Labute approximate surface area is 204 Å². The average Bonchev–Trinajstić information content (AvgIpc) is 2.93. The fourth-order valence-electron chi connectivity index (χ4n) is 3.52. The lowest BCUT2D eigenvalue weighted by Gasteiger charge is -2.16. The van der Waals surface area contributed by atoms with Gasteiger partial charge < -0.3 is 9.47 Å². The highest BCUT2D eigenvalue weighted by atomic mass is 35.5. The number of rotatable bonds is 6. The molecule has 10 heteroatoms. The van der Waals surface area contributed by atoms with Crippen molar-refractivity contribution >= 4 is 40.9 Å². The summed E-state index contributed by atoms with van der Waals surface area (Å²) in [4.78, 5) is 45.1.